The average molecular weight is 515 g/mol. The number of amides is 2. The number of Topliss-reactive ketones (excluding diaryl/α,β-unsaturated/α-hetero) is 1. The Bertz CT molecular complexity index is 1340. The van der Waals surface area contributed by atoms with E-state index < -0.39 is 47.3 Å². The lowest BCUT2D eigenvalue weighted by Gasteiger charge is -2.42. The second-order valence-electron chi connectivity index (χ2n) is 9.83. The van der Waals surface area contributed by atoms with Crippen LogP contribution in [-0.4, -0.2) is 46.3 Å². The standard InChI is InChI=1S/C27H24F3NO6/c1-3-8-31-25(35)15-6-5-14-16(22(15)26(31)36)11-18-20(33)9-12(2)24(34)23(18)21(14)17-10-13(4-7-19(17)32)37-27(28,29)30/h4-5,7,9-10,15-16,21-22,32H,3,6,8,11H2,1-2H3. The predicted octanol–water partition coefficient (Wildman–Crippen LogP) is 4.13. The van der Waals surface area contributed by atoms with Gasteiger partial charge in [0, 0.05) is 34.7 Å². The summed E-state index contributed by atoms with van der Waals surface area (Å²) in [5, 5.41) is 10.8. The lowest BCUT2D eigenvalue weighted by molar-refractivity contribution is -0.274. The normalized spacial score (nSPS) is 27.5. The van der Waals surface area contributed by atoms with Crippen molar-refractivity contribution in [3.8, 4) is 11.5 Å². The topological polar surface area (TPSA) is 101 Å². The van der Waals surface area contributed by atoms with Gasteiger partial charge in [-0.25, -0.2) is 0 Å². The van der Waals surface area contributed by atoms with Gasteiger partial charge in [0.15, 0.2) is 11.6 Å². The quantitative estimate of drug-likeness (QED) is 0.368. The number of rotatable bonds is 4. The van der Waals surface area contributed by atoms with E-state index in [0.717, 1.165) is 18.2 Å². The number of phenolic OH excluding ortho intramolecular Hbond substituents is 1. The number of likely N-dealkylation sites (tertiary alicyclic amines) is 1. The zero-order valence-corrected chi connectivity index (χ0v) is 20.1. The number of aromatic hydroxyl groups is 1. The second-order valence-corrected chi connectivity index (χ2v) is 9.83. The Morgan fingerprint density at radius 3 is 2.51 bits per heavy atom. The molecule has 1 N–H and O–H groups in total. The van der Waals surface area contributed by atoms with Gasteiger partial charge in [-0.3, -0.25) is 24.1 Å². The first-order valence-corrected chi connectivity index (χ1v) is 12.1. The van der Waals surface area contributed by atoms with Crippen molar-refractivity contribution in [2.75, 3.05) is 6.54 Å². The van der Waals surface area contributed by atoms with Gasteiger partial charge >= 0.3 is 6.36 Å². The summed E-state index contributed by atoms with van der Waals surface area (Å²) >= 11 is 0. The number of hydrogen-bond acceptors (Lipinski definition) is 6. The molecule has 0 aromatic heterocycles. The summed E-state index contributed by atoms with van der Waals surface area (Å²) in [6, 6.07) is 3.00. The summed E-state index contributed by atoms with van der Waals surface area (Å²) in [6.07, 6.45) is -1.20. The predicted molar refractivity (Wildman–Crippen MR) is 123 cm³/mol. The van der Waals surface area contributed by atoms with Gasteiger partial charge in [0.2, 0.25) is 11.8 Å². The minimum Gasteiger partial charge on any atom is -0.508 e. The molecule has 194 valence electrons. The summed E-state index contributed by atoms with van der Waals surface area (Å²) < 4.78 is 42.9. The molecule has 1 aliphatic heterocycles. The van der Waals surface area contributed by atoms with Crippen LogP contribution in [0.2, 0.25) is 0 Å². The summed E-state index contributed by atoms with van der Waals surface area (Å²) in [6.45, 7) is 3.59. The minimum atomic E-state index is -4.99. The number of carbonyl (C=O) groups is 4. The first-order chi connectivity index (χ1) is 17.4. The largest absolute Gasteiger partial charge is 0.573 e. The molecule has 0 spiro atoms. The van der Waals surface area contributed by atoms with E-state index in [0.29, 0.717) is 12.0 Å². The fourth-order valence-corrected chi connectivity index (χ4v) is 6.19. The third-order valence-corrected chi connectivity index (χ3v) is 7.65. The Morgan fingerprint density at radius 1 is 1.11 bits per heavy atom. The Morgan fingerprint density at radius 2 is 1.84 bits per heavy atom. The van der Waals surface area contributed by atoms with Crippen LogP contribution in [0, 0.1) is 17.8 Å². The number of carbonyl (C=O) groups excluding carboxylic acids is 4. The van der Waals surface area contributed by atoms with E-state index in [4.69, 9.17) is 0 Å². The highest BCUT2D eigenvalue weighted by molar-refractivity contribution is 6.24. The summed E-state index contributed by atoms with van der Waals surface area (Å²) in [5.74, 6) is -5.58. The van der Waals surface area contributed by atoms with Crippen LogP contribution in [0.5, 0.6) is 11.5 Å². The molecule has 1 aromatic carbocycles. The molecular weight excluding hydrogens is 491 g/mol. The maximum absolute atomic E-state index is 13.4. The monoisotopic (exact) mass is 515 g/mol. The number of alkyl halides is 3. The molecule has 4 unspecified atom stereocenters. The molecule has 2 amide bonds. The molecule has 0 saturated carbocycles. The summed E-state index contributed by atoms with van der Waals surface area (Å²) in [5.41, 5.74) is 0.896. The highest BCUT2D eigenvalue weighted by atomic mass is 19.4. The van der Waals surface area contributed by atoms with Crippen molar-refractivity contribution in [2.24, 2.45) is 17.8 Å². The van der Waals surface area contributed by atoms with Crippen molar-refractivity contribution >= 4 is 23.4 Å². The Labute approximate surface area is 210 Å². The van der Waals surface area contributed by atoms with Gasteiger partial charge in [-0.1, -0.05) is 18.6 Å². The fraction of sp³-hybridized carbons (Fsp3) is 0.407. The van der Waals surface area contributed by atoms with Gasteiger partial charge in [-0.2, -0.15) is 0 Å². The maximum atomic E-state index is 13.4. The number of phenols is 1. The van der Waals surface area contributed by atoms with Gasteiger partial charge in [-0.05, 0) is 56.4 Å². The van der Waals surface area contributed by atoms with Crippen molar-refractivity contribution in [1.82, 2.24) is 4.90 Å². The van der Waals surface area contributed by atoms with Crippen LogP contribution in [-0.2, 0) is 19.2 Å². The number of halogens is 3. The molecule has 3 aliphatic carbocycles. The molecular formula is C27H24F3NO6. The van der Waals surface area contributed by atoms with E-state index in [2.05, 4.69) is 4.74 Å². The van der Waals surface area contributed by atoms with Crippen molar-refractivity contribution in [3.05, 3.63) is 58.2 Å². The minimum absolute atomic E-state index is 0.0401. The van der Waals surface area contributed by atoms with Crippen LogP contribution < -0.4 is 4.74 Å². The van der Waals surface area contributed by atoms with Crippen LogP contribution >= 0.6 is 0 Å². The number of ketones is 2. The molecule has 10 heteroatoms. The zero-order valence-electron chi connectivity index (χ0n) is 20.1. The van der Waals surface area contributed by atoms with Gasteiger partial charge in [0.05, 0.1) is 11.8 Å². The third kappa shape index (κ3) is 3.98. The van der Waals surface area contributed by atoms with Crippen molar-refractivity contribution in [2.45, 2.75) is 45.4 Å². The van der Waals surface area contributed by atoms with Crippen LogP contribution in [0.1, 0.15) is 44.6 Å². The molecule has 1 saturated heterocycles. The molecule has 37 heavy (non-hydrogen) atoms. The lowest BCUT2D eigenvalue weighted by Crippen LogP contribution is -2.40. The molecule has 1 heterocycles. The average Bonchev–Trinajstić information content (AvgIpc) is 3.07. The number of benzene rings is 1. The Balaban J connectivity index is 1.68. The van der Waals surface area contributed by atoms with Crippen molar-refractivity contribution in [1.29, 1.82) is 0 Å². The van der Waals surface area contributed by atoms with E-state index in [9.17, 15) is 37.5 Å². The number of hydrogen-bond donors (Lipinski definition) is 1. The van der Waals surface area contributed by atoms with E-state index >= 15 is 0 Å². The fourth-order valence-electron chi connectivity index (χ4n) is 6.19. The van der Waals surface area contributed by atoms with Crippen LogP contribution in [0.15, 0.2) is 52.6 Å². The van der Waals surface area contributed by atoms with E-state index in [-0.39, 0.29) is 59.2 Å². The molecule has 1 aromatic rings. The smallest absolute Gasteiger partial charge is 0.508 e. The van der Waals surface area contributed by atoms with E-state index in [1.165, 1.54) is 17.9 Å². The van der Waals surface area contributed by atoms with Gasteiger partial charge < -0.3 is 9.84 Å². The maximum Gasteiger partial charge on any atom is 0.573 e. The first kappa shape index (κ1) is 25.0. The zero-order chi connectivity index (χ0) is 26.8. The van der Waals surface area contributed by atoms with Crippen molar-refractivity contribution < 1.29 is 42.2 Å². The number of imide groups is 1. The molecule has 5 rings (SSSR count). The number of allylic oxidation sites excluding steroid dienone is 6. The first-order valence-electron chi connectivity index (χ1n) is 12.1. The number of nitrogens with zero attached hydrogens (tertiary/aromatic N) is 1. The molecule has 0 radical (unpaired) electrons. The van der Waals surface area contributed by atoms with E-state index in [1.54, 1.807) is 6.08 Å². The number of ether oxygens (including phenoxy) is 1. The van der Waals surface area contributed by atoms with Crippen molar-refractivity contribution in [3.63, 3.8) is 0 Å². The Kier molecular flexibility index (Phi) is 5.88. The highest BCUT2D eigenvalue weighted by Crippen LogP contribution is 2.56. The molecule has 4 atom stereocenters. The third-order valence-electron chi connectivity index (χ3n) is 7.65. The molecule has 1 fully saturated rings. The van der Waals surface area contributed by atoms with Crippen LogP contribution in [0.3, 0.4) is 0 Å². The molecule has 0 bridgehead atoms. The van der Waals surface area contributed by atoms with E-state index in [1.807, 2.05) is 6.92 Å². The van der Waals surface area contributed by atoms with Crippen LogP contribution in [0.4, 0.5) is 13.2 Å². The number of fused-ring (bicyclic) bond motifs is 3. The highest BCUT2D eigenvalue weighted by Gasteiger charge is 2.56. The second kappa shape index (κ2) is 8.71. The molecule has 4 aliphatic rings. The van der Waals surface area contributed by atoms with Gasteiger partial charge in [-0.15, -0.1) is 13.2 Å². The lowest BCUT2D eigenvalue weighted by atomic mass is 9.59. The van der Waals surface area contributed by atoms with Gasteiger partial charge in [0.25, 0.3) is 0 Å². The molecule has 7 nitrogen and oxygen atoms in total. The van der Waals surface area contributed by atoms with Crippen LogP contribution in [0.25, 0.3) is 0 Å². The summed E-state index contributed by atoms with van der Waals surface area (Å²) in [7, 11) is 0. The summed E-state index contributed by atoms with van der Waals surface area (Å²) in [4.78, 5) is 54.0. The van der Waals surface area contributed by atoms with Gasteiger partial charge in [0.1, 0.15) is 11.5 Å². The SMILES string of the molecule is CCCN1C(=O)C2CC=C3C(c4cc(OC(F)(F)F)ccc4O)C4=C(CC3C2C1=O)C(=O)C=C(C)C4=O. The Hall–Kier alpha value is -3.69.